The summed E-state index contributed by atoms with van der Waals surface area (Å²) in [7, 11) is 0. The summed E-state index contributed by atoms with van der Waals surface area (Å²) in [5.74, 6) is 0. The minimum Gasteiger partial charge on any atom is -0.326 e. The first-order valence-electron chi connectivity index (χ1n) is 5.16. The number of aryl methyl sites for hydroxylation is 1. The molecule has 1 nitrogen and oxygen atoms in total. The second-order valence-corrected chi connectivity index (χ2v) is 5.65. The van der Waals surface area contributed by atoms with Gasteiger partial charge in [-0.1, -0.05) is 29.3 Å². The van der Waals surface area contributed by atoms with E-state index >= 15 is 0 Å². The number of thiophene rings is 1. The fourth-order valence-electron chi connectivity index (χ4n) is 1.86. The number of benzene rings is 1. The molecule has 0 fully saturated rings. The van der Waals surface area contributed by atoms with Crippen molar-refractivity contribution in [3.8, 4) is 0 Å². The molecule has 2 rings (SSSR count). The van der Waals surface area contributed by atoms with Crippen LogP contribution < -0.4 is 5.73 Å². The average molecular weight is 284 g/mol. The zero-order chi connectivity index (χ0) is 10.8. The average Bonchev–Trinajstić information content (AvgIpc) is 2.57. The predicted octanol–water partition coefficient (Wildman–Crippen LogP) is 4.08. The quantitative estimate of drug-likeness (QED) is 0.903. The summed E-state index contributed by atoms with van der Waals surface area (Å²) in [6.07, 6.45) is 2.30. The van der Waals surface area contributed by atoms with Crippen LogP contribution in [0.5, 0.6) is 0 Å². The molecule has 0 spiro atoms. The molecule has 0 aliphatic rings. The van der Waals surface area contributed by atoms with Gasteiger partial charge in [-0.2, -0.15) is 0 Å². The van der Waals surface area contributed by atoms with Crippen LogP contribution in [0, 0.1) is 0 Å². The smallest absolute Gasteiger partial charge is 0.0349 e. The second kappa shape index (κ2) is 4.64. The van der Waals surface area contributed by atoms with E-state index in [-0.39, 0.29) is 0 Å². The summed E-state index contributed by atoms with van der Waals surface area (Å²) in [6.45, 7) is 2.87. The Morgan fingerprint density at radius 2 is 2.20 bits per heavy atom. The van der Waals surface area contributed by atoms with Gasteiger partial charge in [0.25, 0.3) is 0 Å². The predicted molar refractivity (Wildman–Crippen MR) is 71.4 cm³/mol. The van der Waals surface area contributed by atoms with Crippen LogP contribution in [0.2, 0.25) is 0 Å². The van der Waals surface area contributed by atoms with Crippen LogP contribution in [-0.4, -0.2) is 0 Å². The summed E-state index contributed by atoms with van der Waals surface area (Å²) >= 11 is 5.35. The molecule has 0 saturated heterocycles. The number of hydrogen-bond acceptors (Lipinski definition) is 2. The molecule has 0 saturated carbocycles. The van der Waals surface area contributed by atoms with Crippen LogP contribution in [0.1, 0.15) is 23.8 Å². The highest BCUT2D eigenvalue weighted by molar-refractivity contribution is 9.10. The Morgan fingerprint density at radius 3 is 2.87 bits per heavy atom. The Hall–Kier alpha value is -0.380. The number of rotatable bonds is 3. The first-order chi connectivity index (χ1) is 7.26. The number of nitrogens with two attached hydrogens (primary N) is 1. The van der Waals surface area contributed by atoms with Crippen molar-refractivity contribution in [3.05, 3.63) is 33.1 Å². The molecular formula is C12H14BrNS. The molecule has 0 unspecified atom stereocenters. The van der Waals surface area contributed by atoms with Crippen molar-refractivity contribution in [3.63, 3.8) is 0 Å². The van der Waals surface area contributed by atoms with Gasteiger partial charge in [-0.3, -0.25) is 0 Å². The van der Waals surface area contributed by atoms with Crippen LogP contribution in [0.4, 0.5) is 0 Å². The number of fused-ring (bicyclic) bond motifs is 1. The normalized spacial score (nSPS) is 11.1. The molecule has 0 aliphatic carbocycles. The molecule has 1 heterocycles. The SMILES string of the molecule is CCCc1c(CN)sc2ccc(Br)cc12. The lowest BCUT2D eigenvalue weighted by atomic mass is 10.1. The topological polar surface area (TPSA) is 26.0 Å². The lowest BCUT2D eigenvalue weighted by Gasteiger charge is -2.00. The molecule has 0 amide bonds. The fourth-order valence-corrected chi connectivity index (χ4v) is 3.33. The zero-order valence-corrected chi connectivity index (χ0v) is 11.1. The van der Waals surface area contributed by atoms with Crippen molar-refractivity contribution in [2.24, 2.45) is 5.73 Å². The molecule has 0 bridgehead atoms. The Bertz CT molecular complexity index is 476. The van der Waals surface area contributed by atoms with E-state index in [4.69, 9.17) is 5.73 Å². The van der Waals surface area contributed by atoms with E-state index in [9.17, 15) is 0 Å². The Labute approximate surface area is 102 Å². The van der Waals surface area contributed by atoms with Crippen molar-refractivity contribution in [1.82, 2.24) is 0 Å². The highest BCUT2D eigenvalue weighted by Crippen LogP contribution is 2.33. The summed E-state index contributed by atoms with van der Waals surface area (Å²) in [5.41, 5.74) is 7.23. The van der Waals surface area contributed by atoms with Crippen molar-refractivity contribution in [1.29, 1.82) is 0 Å². The van der Waals surface area contributed by atoms with Crippen molar-refractivity contribution in [2.45, 2.75) is 26.3 Å². The minimum absolute atomic E-state index is 0.659. The van der Waals surface area contributed by atoms with E-state index in [0.717, 1.165) is 10.9 Å². The molecule has 80 valence electrons. The van der Waals surface area contributed by atoms with Crippen LogP contribution in [0.15, 0.2) is 22.7 Å². The van der Waals surface area contributed by atoms with Gasteiger partial charge < -0.3 is 5.73 Å². The fraction of sp³-hybridized carbons (Fsp3) is 0.333. The van der Waals surface area contributed by atoms with E-state index in [1.807, 2.05) is 11.3 Å². The standard InChI is InChI=1S/C12H14BrNS/c1-2-3-9-10-6-8(13)4-5-11(10)15-12(9)7-14/h4-6H,2-3,7,14H2,1H3. The zero-order valence-electron chi connectivity index (χ0n) is 8.72. The molecule has 0 aliphatic heterocycles. The second-order valence-electron chi connectivity index (χ2n) is 3.60. The van der Waals surface area contributed by atoms with Crippen LogP contribution in [0.3, 0.4) is 0 Å². The lowest BCUT2D eigenvalue weighted by molar-refractivity contribution is 0.912. The van der Waals surface area contributed by atoms with Gasteiger partial charge >= 0.3 is 0 Å². The summed E-state index contributed by atoms with van der Waals surface area (Å²) in [4.78, 5) is 1.34. The molecule has 0 atom stereocenters. The van der Waals surface area contributed by atoms with Gasteiger partial charge in [0.1, 0.15) is 0 Å². The van der Waals surface area contributed by atoms with Crippen LogP contribution >= 0.6 is 27.3 Å². The molecule has 1 aromatic heterocycles. The minimum atomic E-state index is 0.659. The first-order valence-corrected chi connectivity index (χ1v) is 6.77. The molecule has 0 radical (unpaired) electrons. The number of hydrogen-bond donors (Lipinski definition) is 1. The van der Waals surface area contributed by atoms with Gasteiger partial charge in [0, 0.05) is 20.6 Å². The van der Waals surface area contributed by atoms with E-state index in [0.29, 0.717) is 6.54 Å². The maximum Gasteiger partial charge on any atom is 0.0349 e. The highest BCUT2D eigenvalue weighted by Gasteiger charge is 2.10. The first kappa shape index (κ1) is 11.1. The molecule has 1 aromatic carbocycles. The maximum absolute atomic E-state index is 5.78. The highest BCUT2D eigenvalue weighted by atomic mass is 79.9. The maximum atomic E-state index is 5.78. The lowest BCUT2D eigenvalue weighted by Crippen LogP contribution is -1.97. The molecular weight excluding hydrogens is 270 g/mol. The molecule has 2 N–H and O–H groups in total. The van der Waals surface area contributed by atoms with Gasteiger partial charge in [0.2, 0.25) is 0 Å². The molecule has 15 heavy (non-hydrogen) atoms. The van der Waals surface area contributed by atoms with Crippen molar-refractivity contribution < 1.29 is 0 Å². The van der Waals surface area contributed by atoms with E-state index in [2.05, 4.69) is 41.1 Å². The third-order valence-corrected chi connectivity index (χ3v) is 4.25. The van der Waals surface area contributed by atoms with Crippen LogP contribution in [0.25, 0.3) is 10.1 Å². The van der Waals surface area contributed by atoms with Gasteiger partial charge in [-0.05, 0) is 35.6 Å². The third-order valence-electron chi connectivity index (χ3n) is 2.52. The monoisotopic (exact) mass is 283 g/mol. The summed E-state index contributed by atoms with van der Waals surface area (Å²) < 4.78 is 2.50. The Morgan fingerprint density at radius 1 is 1.40 bits per heavy atom. The Kier molecular flexibility index (Phi) is 3.44. The van der Waals surface area contributed by atoms with Gasteiger partial charge in [0.05, 0.1) is 0 Å². The van der Waals surface area contributed by atoms with Gasteiger partial charge in [0.15, 0.2) is 0 Å². The van der Waals surface area contributed by atoms with E-state index in [1.54, 1.807) is 0 Å². The third kappa shape index (κ3) is 2.10. The van der Waals surface area contributed by atoms with Crippen molar-refractivity contribution in [2.75, 3.05) is 0 Å². The molecule has 3 heteroatoms. The Balaban J connectivity index is 2.65. The number of halogens is 1. The van der Waals surface area contributed by atoms with E-state index in [1.165, 1.54) is 26.9 Å². The summed E-state index contributed by atoms with van der Waals surface area (Å²) in [6, 6.07) is 6.47. The van der Waals surface area contributed by atoms with E-state index < -0.39 is 0 Å². The van der Waals surface area contributed by atoms with Gasteiger partial charge in [-0.15, -0.1) is 11.3 Å². The van der Waals surface area contributed by atoms with Crippen LogP contribution in [-0.2, 0) is 13.0 Å². The van der Waals surface area contributed by atoms with Gasteiger partial charge in [-0.25, -0.2) is 0 Å². The summed E-state index contributed by atoms with van der Waals surface area (Å²) in [5, 5.41) is 1.37. The molecule has 2 aromatic rings. The largest absolute Gasteiger partial charge is 0.326 e. The van der Waals surface area contributed by atoms with Crippen molar-refractivity contribution >= 4 is 37.4 Å².